The molecule has 0 aromatic rings. The lowest BCUT2D eigenvalue weighted by atomic mass is 10.1. The van der Waals surface area contributed by atoms with Gasteiger partial charge in [-0.05, 0) is 20.8 Å². The molecule has 2 unspecified atom stereocenters. The Balaban J connectivity index is 3.64. The Hall–Kier alpha value is 0.0300. The van der Waals surface area contributed by atoms with Crippen LogP contribution in [0.1, 0.15) is 20.8 Å². The highest BCUT2D eigenvalue weighted by Crippen LogP contribution is 1.99. The second kappa shape index (κ2) is 7.33. The van der Waals surface area contributed by atoms with Gasteiger partial charge in [0.25, 0.3) is 0 Å². The van der Waals surface area contributed by atoms with Gasteiger partial charge in [0.2, 0.25) is 0 Å². The first-order chi connectivity index (χ1) is 6.85. The van der Waals surface area contributed by atoms with Crippen LogP contribution in [-0.4, -0.2) is 52.7 Å². The van der Waals surface area contributed by atoms with Crippen molar-refractivity contribution >= 4 is 10.8 Å². The van der Waals surface area contributed by atoms with Crippen LogP contribution in [-0.2, 0) is 15.5 Å². The molecule has 0 fully saturated rings. The molecule has 0 heterocycles. The van der Waals surface area contributed by atoms with Crippen molar-refractivity contribution in [3.8, 4) is 0 Å². The largest absolute Gasteiger partial charge is 0.391 e. The summed E-state index contributed by atoms with van der Waals surface area (Å²) in [4.78, 5) is 0. The second-order valence-corrected chi connectivity index (χ2v) is 6.21. The van der Waals surface area contributed by atoms with Crippen molar-refractivity contribution in [3.05, 3.63) is 0 Å². The maximum atomic E-state index is 11.4. The molecule has 15 heavy (non-hydrogen) atoms. The van der Waals surface area contributed by atoms with Crippen LogP contribution in [0.2, 0.25) is 0 Å². The van der Waals surface area contributed by atoms with Crippen LogP contribution >= 0.6 is 0 Å². The summed E-state index contributed by atoms with van der Waals surface area (Å²) in [5.74, 6) is 0.801. The van der Waals surface area contributed by atoms with Gasteiger partial charge in [-0.15, -0.1) is 0 Å². The van der Waals surface area contributed by atoms with Crippen molar-refractivity contribution in [2.24, 2.45) is 0 Å². The quantitative estimate of drug-likeness (QED) is 0.661. The molecule has 0 aromatic heterocycles. The van der Waals surface area contributed by atoms with Crippen LogP contribution in [0.25, 0.3) is 0 Å². The van der Waals surface area contributed by atoms with E-state index < -0.39 is 16.9 Å². The number of ether oxygens (including phenoxy) is 1. The van der Waals surface area contributed by atoms with Gasteiger partial charge in [0.05, 0.1) is 18.5 Å². The van der Waals surface area contributed by atoms with Gasteiger partial charge in [-0.3, -0.25) is 4.21 Å². The summed E-state index contributed by atoms with van der Waals surface area (Å²) in [7, 11) is 0.585. The molecule has 0 saturated heterocycles. The number of hydrogen-bond acceptors (Lipinski definition) is 4. The monoisotopic (exact) mass is 237 g/mol. The van der Waals surface area contributed by atoms with E-state index in [9.17, 15) is 9.32 Å². The van der Waals surface area contributed by atoms with Gasteiger partial charge in [0.15, 0.2) is 0 Å². The van der Waals surface area contributed by atoms with E-state index in [0.29, 0.717) is 24.7 Å². The van der Waals surface area contributed by atoms with Crippen molar-refractivity contribution in [2.75, 3.05) is 31.8 Å². The predicted molar refractivity (Wildman–Crippen MR) is 63.5 cm³/mol. The summed E-state index contributed by atoms with van der Waals surface area (Å²) < 4.78 is 16.2. The summed E-state index contributed by atoms with van der Waals surface area (Å²) in [6.07, 6.45) is -0.554. The van der Waals surface area contributed by atoms with Gasteiger partial charge >= 0.3 is 0 Å². The molecule has 0 bridgehead atoms. The standard InChI is InChI=1S/C10H23NO3S/c1-10(2,3)11-7-9(12)8-15(13)6-5-14-4/h9,11-12H,5-8H2,1-4H3. The van der Waals surface area contributed by atoms with Crippen LogP contribution in [0.4, 0.5) is 0 Å². The van der Waals surface area contributed by atoms with E-state index >= 15 is 0 Å². The van der Waals surface area contributed by atoms with Crippen LogP contribution in [0, 0.1) is 0 Å². The van der Waals surface area contributed by atoms with Crippen molar-refractivity contribution in [1.82, 2.24) is 5.32 Å². The van der Waals surface area contributed by atoms with Gasteiger partial charge in [-0.2, -0.15) is 0 Å². The van der Waals surface area contributed by atoms with Crippen LogP contribution in [0.5, 0.6) is 0 Å². The number of β-amino-alcohol motifs (C(OH)–C–C–N with tert-alkyl or cyclic N) is 1. The number of aliphatic hydroxyl groups excluding tert-OH is 1. The topological polar surface area (TPSA) is 58.6 Å². The summed E-state index contributed by atoms with van der Waals surface area (Å²) in [6, 6.07) is 0. The summed E-state index contributed by atoms with van der Waals surface area (Å²) >= 11 is 0. The Morgan fingerprint density at radius 3 is 2.53 bits per heavy atom. The highest BCUT2D eigenvalue weighted by atomic mass is 32.2. The fourth-order valence-electron chi connectivity index (χ4n) is 0.957. The molecule has 2 atom stereocenters. The van der Waals surface area contributed by atoms with Gasteiger partial charge < -0.3 is 15.2 Å². The molecule has 0 rings (SSSR count). The third kappa shape index (κ3) is 10.3. The molecule has 4 nitrogen and oxygen atoms in total. The number of nitrogens with one attached hydrogen (secondary N) is 1. The van der Waals surface area contributed by atoms with Crippen LogP contribution in [0.3, 0.4) is 0 Å². The van der Waals surface area contributed by atoms with Crippen molar-refractivity contribution in [3.63, 3.8) is 0 Å². The lowest BCUT2D eigenvalue weighted by Crippen LogP contribution is -2.42. The Bertz CT molecular complexity index is 192. The molecule has 0 aliphatic rings. The highest BCUT2D eigenvalue weighted by Gasteiger charge is 2.14. The normalized spacial score (nSPS) is 16.3. The Morgan fingerprint density at radius 1 is 1.47 bits per heavy atom. The molecule has 0 aromatic carbocycles. The number of rotatable bonds is 7. The fraction of sp³-hybridized carbons (Fsp3) is 1.00. The second-order valence-electron chi connectivity index (χ2n) is 4.59. The van der Waals surface area contributed by atoms with Gasteiger partial charge in [-0.25, -0.2) is 0 Å². The van der Waals surface area contributed by atoms with E-state index in [2.05, 4.69) is 5.32 Å². The third-order valence-electron chi connectivity index (χ3n) is 1.76. The minimum absolute atomic E-state index is 0.0188. The lowest BCUT2D eigenvalue weighted by molar-refractivity contribution is 0.182. The molecule has 0 spiro atoms. The zero-order chi connectivity index (χ0) is 11.9. The molecule has 0 aliphatic carbocycles. The summed E-state index contributed by atoms with van der Waals surface area (Å²) in [6.45, 7) is 7.04. The number of methoxy groups -OCH3 is 1. The fourth-order valence-corrected chi connectivity index (χ4v) is 2.02. The van der Waals surface area contributed by atoms with Gasteiger partial charge in [-0.1, -0.05) is 0 Å². The minimum Gasteiger partial charge on any atom is -0.391 e. The highest BCUT2D eigenvalue weighted by molar-refractivity contribution is 7.85. The number of hydrogen-bond donors (Lipinski definition) is 2. The molecule has 92 valence electrons. The average molecular weight is 237 g/mol. The predicted octanol–water partition coefficient (Wildman–Crippen LogP) is 0.131. The Morgan fingerprint density at radius 2 is 2.07 bits per heavy atom. The molecule has 0 radical (unpaired) electrons. The number of aliphatic hydroxyl groups is 1. The van der Waals surface area contributed by atoms with E-state index in [0.717, 1.165) is 0 Å². The minimum atomic E-state index is -0.993. The Labute approximate surface area is 94.9 Å². The van der Waals surface area contributed by atoms with Gasteiger partial charge in [0, 0.05) is 35.7 Å². The molecule has 0 amide bonds. The first-order valence-corrected chi connectivity index (χ1v) is 6.61. The Kier molecular flexibility index (Phi) is 7.34. The maximum Gasteiger partial charge on any atom is 0.0779 e. The van der Waals surface area contributed by atoms with Gasteiger partial charge in [0.1, 0.15) is 0 Å². The van der Waals surface area contributed by atoms with E-state index in [4.69, 9.17) is 4.74 Å². The lowest BCUT2D eigenvalue weighted by Gasteiger charge is -2.22. The van der Waals surface area contributed by atoms with E-state index in [1.165, 1.54) is 0 Å². The zero-order valence-electron chi connectivity index (χ0n) is 10.1. The third-order valence-corrected chi connectivity index (χ3v) is 3.14. The molecule has 0 aliphatic heterocycles. The average Bonchev–Trinajstić information content (AvgIpc) is 2.10. The molecular weight excluding hydrogens is 214 g/mol. The SMILES string of the molecule is COCCS(=O)CC(O)CNC(C)(C)C. The molecule has 2 N–H and O–H groups in total. The molecule has 5 heteroatoms. The van der Waals surface area contributed by atoms with Crippen molar-refractivity contribution in [2.45, 2.75) is 32.4 Å². The van der Waals surface area contributed by atoms with E-state index in [1.807, 2.05) is 20.8 Å². The molecular formula is C10H23NO3S. The van der Waals surface area contributed by atoms with Crippen molar-refractivity contribution in [1.29, 1.82) is 0 Å². The first-order valence-electron chi connectivity index (χ1n) is 5.12. The van der Waals surface area contributed by atoms with E-state index in [1.54, 1.807) is 7.11 Å². The van der Waals surface area contributed by atoms with Crippen LogP contribution in [0.15, 0.2) is 0 Å². The van der Waals surface area contributed by atoms with Crippen molar-refractivity contribution < 1.29 is 14.1 Å². The van der Waals surface area contributed by atoms with E-state index in [-0.39, 0.29) is 5.54 Å². The van der Waals surface area contributed by atoms with Crippen LogP contribution < -0.4 is 5.32 Å². The maximum absolute atomic E-state index is 11.4. The zero-order valence-corrected chi connectivity index (χ0v) is 10.9. The summed E-state index contributed by atoms with van der Waals surface area (Å²) in [5.41, 5.74) is -0.0188. The molecule has 0 saturated carbocycles. The first kappa shape index (κ1) is 15.0. The smallest absolute Gasteiger partial charge is 0.0779 e. The summed E-state index contributed by atoms with van der Waals surface area (Å²) in [5, 5.41) is 12.8.